The van der Waals surface area contributed by atoms with Crippen LogP contribution >= 0.6 is 0 Å². The van der Waals surface area contributed by atoms with Crippen LogP contribution < -0.4 is 10.6 Å². The number of urea groups is 2. The highest BCUT2D eigenvalue weighted by atomic mass is 16.6. The van der Waals surface area contributed by atoms with Gasteiger partial charge in [0.05, 0.1) is 11.4 Å². The number of likely N-dealkylation sites (tertiary alicyclic amines) is 2. The van der Waals surface area contributed by atoms with Gasteiger partial charge < -0.3 is 29.9 Å². The molecule has 0 bridgehead atoms. The molecule has 6 aromatic rings. The lowest BCUT2D eigenvalue weighted by atomic mass is 9.84. The third kappa shape index (κ3) is 10.1. The molecule has 0 radical (unpaired) electrons. The Hall–Kier alpha value is -8.34. The summed E-state index contributed by atoms with van der Waals surface area (Å²) in [7, 11) is 0. The van der Waals surface area contributed by atoms with Gasteiger partial charge in [0.25, 0.3) is 11.8 Å². The monoisotopic (exact) mass is 1020 g/mol. The minimum absolute atomic E-state index is 0.208. The number of imide groups is 2. The second-order valence-electron chi connectivity index (χ2n) is 19.7. The van der Waals surface area contributed by atoms with Gasteiger partial charge in [-0.2, -0.15) is 0 Å². The number of aromatic nitrogens is 2. The predicted molar refractivity (Wildman–Crippen MR) is 282 cm³/mol. The van der Waals surface area contributed by atoms with Gasteiger partial charge in [-0.15, -0.1) is 0 Å². The zero-order valence-corrected chi connectivity index (χ0v) is 42.2. The fourth-order valence-electron chi connectivity index (χ4n) is 11.3. The van der Waals surface area contributed by atoms with Crippen molar-refractivity contribution >= 4 is 35.8 Å². The topological polar surface area (TPSA) is 184 Å². The number of hydrogen-bond acceptors (Lipinski definition) is 12. The van der Waals surface area contributed by atoms with E-state index in [0.717, 1.165) is 23.3 Å². The van der Waals surface area contributed by atoms with Crippen LogP contribution in [0.1, 0.15) is 72.2 Å². The molecule has 2 aromatic heterocycles. The highest BCUT2D eigenvalue weighted by molar-refractivity contribution is 6.10. The number of ether oxygens (including phenoxy) is 2. The number of carbonyl (C=O) groups is 6. The van der Waals surface area contributed by atoms with Crippen molar-refractivity contribution in [3.8, 4) is 0 Å². The zero-order chi connectivity index (χ0) is 52.6. The molecule has 0 saturated carbocycles. The summed E-state index contributed by atoms with van der Waals surface area (Å²) in [5.41, 5.74) is -0.933. The van der Waals surface area contributed by atoms with Crippen molar-refractivity contribution in [2.75, 3.05) is 52.4 Å². The molecule has 6 heterocycles. The predicted octanol–water partition coefficient (Wildman–Crippen LogP) is 7.17. The van der Waals surface area contributed by atoms with E-state index >= 15 is 0 Å². The van der Waals surface area contributed by atoms with Crippen molar-refractivity contribution in [1.29, 1.82) is 0 Å². The zero-order valence-electron chi connectivity index (χ0n) is 42.2. The summed E-state index contributed by atoms with van der Waals surface area (Å²) >= 11 is 0. The number of benzene rings is 4. The van der Waals surface area contributed by atoms with Crippen LogP contribution in [0.4, 0.5) is 9.59 Å². The number of piperidine rings is 2. The van der Waals surface area contributed by atoms with Crippen molar-refractivity contribution in [1.82, 2.24) is 40.2 Å². The number of hydrogen-bond donors (Lipinski definition) is 2. The molecule has 0 spiro atoms. The number of rotatable bonds is 18. The Morgan fingerprint density at radius 3 is 1.11 bits per heavy atom. The van der Waals surface area contributed by atoms with Crippen LogP contribution in [0.15, 0.2) is 182 Å². The molecule has 4 aromatic carbocycles. The molecule has 2 unspecified atom stereocenters. The van der Waals surface area contributed by atoms with E-state index in [1.165, 1.54) is 9.80 Å². The van der Waals surface area contributed by atoms with E-state index in [-0.39, 0.29) is 24.9 Å². The third-order valence-electron chi connectivity index (χ3n) is 15.3. The maximum Gasteiger partial charge on any atom is 0.331 e. The van der Waals surface area contributed by atoms with E-state index in [1.54, 1.807) is 48.8 Å². The summed E-state index contributed by atoms with van der Waals surface area (Å²) < 4.78 is 12.6. The first-order chi connectivity index (χ1) is 37.0. The van der Waals surface area contributed by atoms with Gasteiger partial charge in [-0.25, -0.2) is 19.2 Å². The summed E-state index contributed by atoms with van der Waals surface area (Å²) in [6.07, 6.45) is 8.49. The molecule has 10 rings (SSSR count). The van der Waals surface area contributed by atoms with Gasteiger partial charge >= 0.3 is 24.0 Å². The fourth-order valence-corrected chi connectivity index (χ4v) is 11.3. The van der Waals surface area contributed by atoms with Gasteiger partial charge in [0, 0.05) is 89.5 Å². The number of nitrogens with one attached hydrogen (secondary N) is 2. The van der Waals surface area contributed by atoms with Crippen LogP contribution in [0.25, 0.3) is 0 Å². The van der Waals surface area contributed by atoms with E-state index in [4.69, 9.17) is 9.47 Å². The molecule has 16 nitrogen and oxygen atoms in total. The highest BCUT2D eigenvalue weighted by Crippen LogP contribution is 2.40. The molecule has 388 valence electrons. The first-order valence-corrected chi connectivity index (χ1v) is 26.0. The lowest BCUT2D eigenvalue weighted by molar-refractivity contribution is -0.163. The van der Waals surface area contributed by atoms with Crippen molar-refractivity contribution in [2.45, 2.75) is 60.8 Å². The molecule has 4 aliphatic rings. The first-order valence-electron chi connectivity index (χ1n) is 26.0. The molecular weight excluding hydrogens is 961 g/mol. The van der Waals surface area contributed by atoms with E-state index in [9.17, 15) is 28.8 Å². The fraction of sp³-hybridized carbons (Fsp3) is 0.300. The number of amides is 6. The number of carbonyl (C=O) groups excluding carboxylic acids is 6. The number of pyridine rings is 2. The smallest absolute Gasteiger partial charge is 0.331 e. The van der Waals surface area contributed by atoms with E-state index in [0.29, 0.717) is 100 Å². The van der Waals surface area contributed by atoms with Gasteiger partial charge in [0.2, 0.25) is 0 Å². The molecule has 6 amide bonds. The van der Waals surface area contributed by atoms with Gasteiger partial charge in [0.1, 0.15) is 11.2 Å². The summed E-state index contributed by atoms with van der Waals surface area (Å²) in [5, 5.41) is 5.93. The van der Waals surface area contributed by atoms with Gasteiger partial charge in [-0.1, -0.05) is 133 Å². The van der Waals surface area contributed by atoms with Crippen LogP contribution in [0.5, 0.6) is 0 Å². The molecule has 4 fully saturated rings. The highest BCUT2D eigenvalue weighted by Gasteiger charge is 2.56. The Labute approximate surface area is 441 Å². The Balaban J connectivity index is 0.735. The minimum atomic E-state index is -1.43. The average molecular weight is 1020 g/mol. The lowest BCUT2D eigenvalue weighted by Gasteiger charge is -2.41. The maximum atomic E-state index is 14.2. The summed E-state index contributed by atoms with van der Waals surface area (Å²) in [4.78, 5) is 98.8. The van der Waals surface area contributed by atoms with Crippen LogP contribution in [-0.4, -0.2) is 118 Å². The average Bonchev–Trinajstić information content (AvgIpc) is 3.97. The van der Waals surface area contributed by atoms with Crippen molar-refractivity contribution < 1.29 is 38.2 Å². The van der Waals surface area contributed by atoms with Crippen LogP contribution in [-0.2, 0) is 50.9 Å². The van der Waals surface area contributed by atoms with Crippen molar-refractivity contribution in [3.05, 3.63) is 216 Å². The summed E-state index contributed by atoms with van der Waals surface area (Å²) in [6, 6.07) is 47.2. The molecule has 4 saturated heterocycles. The largest absolute Gasteiger partial charge is 0.451 e. The van der Waals surface area contributed by atoms with E-state index < -0.39 is 46.3 Å². The minimum Gasteiger partial charge on any atom is -0.451 e. The van der Waals surface area contributed by atoms with E-state index in [2.05, 4.69) is 30.4 Å². The lowest BCUT2D eigenvalue weighted by Crippen LogP contribution is -2.46. The second-order valence-corrected chi connectivity index (χ2v) is 19.7. The van der Waals surface area contributed by atoms with Gasteiger partial charge in [-0.3, -0.25) is 29.4 Å². The maximum absolute atomic E-state index is 14.2. The Bertz CT molecular complexity index is 2760. The molecule has 4 aliphatic heterocycles. The van der Waals surface area contributed by atoms with Crippen molar-refractivity contribution in [3.63, 3.8) is 0 Å². The second kappa shape index (κ2) is 22.2. The Morgan fingerprint density at radius 1 is 0.447 bits per heavy atom. The molecule has 16 heteroatoms. The third-order valence-corrected chi connectivity index (χ3v) is 15.3. The molecule has 2 atom stereocenters. The Morgan fingerprint density at radius 2 is 0.776 bits per heavy atom. The van der Waals surface area contributed by atoms with Crippen LogP contribution in [0.3, 0.4) is 0 Å². The standard InChI is InChI=1S/C60H60N8O8/c69-51(75-57(45-19-5-1-6-20-45)31-41-65(42-32-57)37-17-39-67-53(71)59(63-55(67)73,47-23-9-3-10-24-47)49-27-13-15-35-61-49)29-30-52(70)76-58(46-21-7-2-8-22-46)33-43-66(44-34-58)38-18-40-68-54(72)60(64-56(68)74,48-25-11-4-12-26-48)50-28-14-16-36-62-50/h1-16,19-30,35-36H,17-18,31-34,37-44H2,(H,63,73)(H,64,74)/b30-29-. The number of nitrogens with zero attached hydrogens (tertiary/aromatic N) is 6. The first kappa shape index (κ1) is 51.2. The normalized spacial score (nSPS) is 21.6. The molecule has 0 aliphatic carbocycles. The van der Waals surface area contributed by atoms with Crippen LogP contribution in [0.2, 0.25) is 0 Å². The SMILES string of the molecule is O=C(/C=C\C(=O)OC1(c2ccccc2)CCN(CCCN2C(=O)NC(c3ccccc3)(c3ccccn3)C2=O)CC1)OC1(c2ccccc2)CCN(CCCN2C(=O)NC(c3ccccc3)(c3ccccn3)C2=O)CC1. The van der Waals surface area contributed by atoms with Gasteiger partial charge in [-0.05, 0) is 72.5 Å². The summed E-state index contributed by atoms with van der Waals surface area (Å²) in [6.45, 7) is 3.95. The quantitative estimate of drug-likeness (QED) is 0.0504. The molecular formula is C60H60N8O8. The van der Waals surface area contributed by atoms with Gasteiger partial charge in [0.15, 0.2) is 11.1 Å². The van der Waals surface area contributed by atoms with E-state index in [1.807, 2.05) is 121 Å². The van der Waals surface area contributed by atoms with Crippen LogP contribution in [0, 0.1) is 0 Å². The van der Waals surface area contributed by atoms with Crippen molar-refractivity contribution in [2.24, 2.45) is 0 Å². The molecule has 76 heavy (non-hydrogen) atoms. The molecule has 2 N–H and O–H groups in total. The number of esters is 2. The summed E-state index contributed by atoms with van der Waals surface area (Å²) in [5.74, 6) is -2.09. The Kier molecular flexibility index (Phi) is 15.0.